The summed E-state index contributed by atoms with van der Waals surface area (Å²) in [5.41, 5.74) is 4.28. The molecule has 1 N–H and O–H groups in total. The summed E-state index contributed by atoms with van der Waals surface area (Å²) in [6.45, 7) is 5.32. The van der Waals surface area contributed by atoms with E-state index in [4.69, 9.17) is 0 Å². The van der Waals surface area contributed by atoms with Crippen molar-refractivity contribution in [2.75, 3.05) is 25.0 Å². The van der Waals surface area contributed by atoms with Crippen LogP contribution in [0.25, 0.3) is 0 Å². The molecule has 0 radical (unpaired) electrons. The monoisotopic (exact) mass is 301 g/mol. The molecule has 0 amide bonds. The van der Waals surface area contributed by atoms with Crippen LogP contribution in [-0.2, 0) is 13.0 Å². The lowest BCUT2D eigenvalue weighted by Gasteiger charge is -2.27. The minimum Gasteiger partial charge on any atom is -0.374 e. The Labute approximate surface area is 131 Å². The van der Waals surface area contributed by atoms with Gasteiger partial charge in [0.25, 0.3) is 0 Å². The number of fused-ring (bicyclic) bond motifs is 1. The number of aryl methyl sites for hydroxylation is 1. The zero-order valence-electron chi connectivity index (χ0n) is 12.8. The van der Waals surface area contributed by atoms with E-state index < -0.39 is 0 Å². The van der Waals surface area contributed by atoms with Crippen LogP contribution in [-0.4, -0.2) is 25.1 Å². The maximum atomic E-state index is 4.38. The second kappa shape index (κ2) is 6.58. The summed E-state index contributed by atoms with van der Waals surface area (Å²) in [5, 5.41) is 6.83. The van der Waals surface area contributed by atoms with Gasteiger partial charge in [0.2, 0.25) is 0 Å². The van der Waals surface area contributed by atoms with E-state index in [1.54, 1.807) is 11.3 Å². The smallest absolute Gasteiger partial charge is 0.0965 e. The summed E-state index contributed by atoms with van der Waals surface area (Å²) < 4.78 is 0. The standard InChI is InChI=1S/C17H23N3S/c1-13(17-19-7-9-21-17)11-18-12-14-5-6-16-15(10-14)4-3-8-20(16)2/h5-7,9-10,13,18H,3-4,8,11-12H2,1-2H3. The van der Waals surface area contributed by atoms with Gasteiger partial charge < -0.3 is 10.2 Å². The van der Waals surface area contributed by atoms with Crippen LogP contribution < -0.4 is 10.2 Å². The van der Waals surface area contributed by atoms with Gasteiger partial charge in [-0.15, -0.1) is 11.3 Å². The van der Waals surface area contributed by atoms with Crippen LogP contribution in [0.5, 0.6) is 0 Å². The molecule has 1 aromatic carbocycles. The molecule has 1 aliphatic rings. The summed E-state index contributed by atoms with van der Waals surface area (Å²) in [5.74, 6) is 0.480. The average molecular weight is 301 g/mol. The number of anilines is 1. The first-order chi connectivity index (χ1) is 10.2. The van der Waals surface area contributed by atoms with Crippen molar-refractivity contribution in [1.82, 2.24) is 10.3 Å². The quantitative estimate of drug-likeness (QED) is 0.917. The van der Waals surface area contributed by atoms with Crippen LogP contribution in [0.2, 0.25) is 0 Å². The Bertz CT molecular complexity index is 580. The van der Waals surface area contributed by atoms with Gasteiger partial charge in [0.05, 0.1) is 5.01 Å². The molecule has 3 rings (SSSR count). The maximum absolute atomic E-state index is 4.38. The summed E-state index contributed by atoms with van der Waals surface area (Å²) in [4.78, 5) is 6.74. The van der Waals surface area contributed by atoms with Crippen molar-refractivity contribution < 1.29 is 0 Å². The van der Waals surface area contributed by atoms with Gasteiger partial charge >= 0.3 is 0 Å². The van der Waals surface area contributed by atoms with Crippen LogP contribution in [0.4, 0.5) is 5.69 Å². The molecule has 3 nitrogen and oxygen atoms in total. The Morgan fingerprint density at radius 1 is 1.43 bits per heavy atom. The molecule has 4 heteroatoms. The van der Waals surface area contributed by atoms with Crippen LogP contribution in [0.1, 0.15) is 35.4 Å². The molecule has 1 aliphatic heterocycles. The first kappa shape index (κ1) is 14.5. The Hall–Kier alpha value is -1.39. The summed E-state index contributed by atoms with van der Waals surface area (Å²) in [6.07, 6.45) is 4.36. The number of benzene rings is 1. The number of rotatable bonds is 5. The molecule has 1 atom stereocenters. The number of aromatic nitrogens is 1. The predicted molar refractivity (Wildman–Crippen MR) is 90.3 cm³/mol. The first-order valence-corrected chi connectivity index (χ1v) is 8.55. The molecular formula is C17H23N3S. The second-order valence-corrected chi connectivity index (χ2v) is 6.82. The Balaban J connectivity index is 1.56. The highest BCUT2D eigenvalue weighted by Crippen LogP contribution is 2.26. The maximum Gasteiger partial charge on any atom is 0.0965 e. The lowest BCUT2D eigenvalue weighted by atomic mass is 9.99. The normalized spacial score (nSPS) is 15.8. The third-order valence-corrected chi connectivity index (χ3v) is 5.15. The summed E-state index contributed by atoms with van der Waals surface area (Å²) in [6, 6.07) is 6.89. The topological polar surface area (TPSA) is 28.2 Å². The highest BCUT2D eigenvalue weighted by atomic mass is 32.1. The number of thiazole rings is 1. The van der Waals surface area contributed by atoms with Gasteiger partial charge in [-0.25, -0.2) is 4.98 Å². The van der Waals surface area contributed by atoms with E-state index >= 15 is 0 Å². The molecule has 1 unspecified atom stereocenters. The molecule has 0 spiro atoms. The highest BCUT2D eigenvalue weighted by Gasteiger charge is 2.13. The lowest BCUT2D eigenvalue weighted by Crippen LogP contribution is -2.25. The zero-order valence-corrected chi connectivity index (χ0v) is 13.6. The van der Waals surface area contributed by atoms with Crippen LogP contribution in [0, 0.1) is 0 Å². The van der Waals surface area contributed by atoms with Gasteiger partial charge in [-0.3, -0.25) is 0 Å². The molecular weight excluding hydrogens is 278 g/mol. The summed E-state index contributed by atoms with van der Waals surface area (Å²) >= 11 is 1.74. The molecule has 0 bridgehead atoms. The van der Waals surface area contributed by atoms with Crippen molar-refractivity contribution >= 4 is 17.0 Å². The van der Waals surface area contributed by atoms with E-state index in [0.29, 0.717) is 5.92 Å². The zero-order chi connectivity index (χ0) is 14.7. The average Bonchev–Trinajstić information content (AvgIpc) is 3.01. The molecule has 2 aromatic rings. The first-order valence-electron chi connectivity index (χ1n) is 7.67. The molecule has 0 saturated carbocycles. The third kappa shape index (κ3) is 3.44. The van der Waals surface area contributed by atoms with E-state index in [1.165, 1.54) is 41.2 Å². The number of nitrogens with zero attached hydrogens (tertiary/aromatic N) is 2. The molecule has 2 heterocycles. The molecule has 1 aromatic heterocycles. The largest absolute Gasteiger partial charge is 0.374 e. The van der Waals surface area contributed by atoms with Gasteiger partial charge in [0.1, 0.15) is 0 Å². The van der Waals surface area contributed by atoms with Crippen LogP contribution in [0.3, 0.4) is 0 Å². The fourth-order valence-electron chi connectivity index (χ4n) is 2.95. The van der Waals surface area contributed by atoms with Gasteiger partial charge in [0, 0.05) is 49.9 Å². The minimum absolute atomic E-state index is 0.480. The van der Waals surface area contributed by atoms with E-state index in [9.17, 15) is 0 Å². The molecule has 0 aliphatic carbocycles. The van der Waals surface area contributed by atoms with E-state index in [-0.39, 0.29) is 0 Å². The fraction of sp³-hybridized carbons (Fsp3) is 0.471. The van der Waals surface area contributed by atoms with Gasteiger partial charge in [-0.2, -0.15) is 0 Å². The van der Waals surface area contributed by atoms with Crippen LogP contribution >= 0.6 is 11.3 Å². The van der Waals surface area contributed by atoms with E-state index in [1.807, 2.05) is 11.6 Å². The Kier molecular flexibility index (Phi) is 4.56. The van der Waals surface area contributed by atoms with Gasteiger partial charge in [-0.05, 0) is 30.0 Å². The van der Waals surface area contributed by atoms with E-state index in [0.717, 1.165) is 13.1 Å². The van der Waals surface area contributed by atoms with Gasteiger partial charge in [-0.1, -0.05) is 19.1 Å². The van der Waals surface area contributed by atoms with Crippen molar-refractivity contribution in [3.63, 3.8) is 0 Å². The van der Waals surface area contributed by atoms with Crippen LogP contribution in [0.15, 0.2) is 29.8 Å². The van der Waals surface area contributed by atoms with Crippen molar-refractivity contribution in [3.8, 4) is 0 Å². The lowest BCUT2D eigenvalue weighted by molar-refractivity contribution is 0.612. The predicted octanol–water partition coefficient (Wildman–Crippen LogP) is 3.42. The van der Waals surface area contributed by atoms with Crippen molar-refractivity contribution in [1.29, 1.82) is 0 Å². The highest BCUT2D eigenvalue weighted by molar-refractivity contribution is 7.09. The number of hydrogen-bond donors (Lipinski definition) is 1. The van der Waals surface area contributed by atoms with Crippen molar-refractivity contribution in [2.45, 2.75) is 32.2 Å². The number of hydrogen-bond acceptors (Lipinski definition) is 4. The SMILES string of the molecule is CC(CNCc1ccc2c(c1)CCCN2C)c1nccs1. The molecule has 0 fully saturated rings. The Morgan fingerprint density at radius 2 is 2.33 bits per heavy atom. The molecule has 112 valence electrons. The Morgan fingerprint density at radius 3 is 3.14 bits per heavy atom. The minimum atomic E-state index is 0.480. The second-order valence-electron chi connectivity index (χ2n) is 5.89. The summed E-state index contributed by atoms with van der Waals surface area (Å²) in [7, 11) is 2.19. The van der Waals surface area contributed by atoms with E-state index in [2.05, 4.69) is 47.4 Å². The van der Waals surface area contributed by atoms with Crippen molar-refractivity contribution in [3.05, 3.63) is 45.9 Å². The van der Waals surface area contributed by atoms with Crippen molar-refractivity contribution in [2.24, 2.45) is 0 Å². The fourth-order valence-corrected chi connectivity index (χ4v) is 3.65. The molecule has 0 saturated heterocycles. The third-order valence-electron chi connectivity index (χ3n) is 4.15. The molecule has 21 heavy (non-hydrogen) atoms. The number of nitrogens with one attached hydrogen (secondary N) is 1. The van der Waals surface area contributed by atoms with Gasteiger partial charge in [0.15, 0.2) is 0 Å².